The van der Waals surface area contributed by atoms with Gasteiger partial charge in [0.15, 0.2) is 5.82 Å². The van der Waals surface area contributed by atoms with Gasteiger partial charge in [0.1, 0.15) is 10.8 Å². The molecule has 0 bridgehead atoms. The van der Waals surface area contributed by atoms with Crippen molar-refractivity contribution in [1.82, 2.24) is 0 Å². The SMILES string of the molecule is Oc1ccc(C(F)(F)F)c(F)c1Cl. The monoisotopic (exact) mass is 214 g/mol. The summed E-state index contributed by atoms with van der Waals surface area (Å²) in [7, 11) is 0. The molecule has 0 saturated carbocycles. The molecule has 72 valence electrons. The minimum Gasteiger partial charge on any atom is -0.506 e. The van der Waals surface area contributed by atoms with Crippen LogP contribution < -0.4 is 0 Å². The predicted octanol–water partition coefficient (Wildman–Crippen LogP) is 3.20. The van der Waals surface area contributed by atoms with Gasteiger partial charge < -0.3 is 5.11 Å². The lowest BCUT2D eigenvalue weighted by molar-refractivity contribution is -0.140. The number of aromatic hydroxyl groups is 1. The number of rotatable bonds is 0. The molecule has 0 spiro atoms. The summed E-state index contributed by atoms with van der Waals surface area (Å²) < 4.78 is 48.7. The Hall–Kier alpha value is -0.970. The van der Waals surface area contributed by atoms with Crippen molar-refractivity contribution >= 4 is 11.6 Å². The van der Waals surface area contributed by atoms with Crippen LogP contribution in [-0.2, 0) is 6.18 Å². The average molecular weight is 215 g/mol. The zero-order valence-corrected chi connectivity index (χ0v) is 6.75. The van der Waals surface area contributed by atoms with Crippen molar-refractivity contribution in [2.45, 2.75) is 6.18 Å². The van der Waals surface area contributed by atoms with E-state index in [1.807, 2.05) is 0 Å². The molecular weight excluding hydrogens is 212 g/mol. The first-order chi connectivity index (χ1) is 5.84. The summed E-state index contributed by atoms with van der Waals surface area (Å²) in [5, 5.41) is 7.83. The van der Waals surface area contributed by atoms with Crippen molar-refractivity contribution in [2.75, 3.05) is 0 Å². The van der Waals surface area contributed by atoms with Gasteiger partial charge >= 0.3 is 6.18 Å². The van der Waals surface area contributed by atoms with Crippen LogP contribution in [0.3, 0.4) is 0 Å². The zero-order chi connectivity index (χ0) is 10.2. The van der Waals surface area contributed by atoms with Crippen LogP contribution in [0, 0.1) is 5.82 Å². The van der Waals surface area contributed by atoms with Gasteiger partial charge in [-0.3, -0.25) is 0 Å². The molecule has 13 heavy (non-hydrogen) atoms. The van der Waals surface area contributed by atoms with Crippen molar-refractivity contribution in [3.63, 3.8) is 0 Å². The van der Waals surface area contributed by atoms with Crippen molar-refractivity contribution < 1.29 is 22.7 Å². The molecule has 0 fully saturated rings. The van der Waals surface area contributed by atoms with Gasteiger partial charge in [0.25, 0.3) is 0 Å². The fourth-order valence-electron chi connectivity index (χ4n) is 0.758. The highest BCUT2D eigenvalue weighted by atomic mass is 35.5. The molecule has 0 saturated heterocycles. The molecule has 0 aromatic heterocycles. The third-order valence-electron chi connectivity index (χ3n) is 1.37. The van der Waals surface area contributed by atoms with Gasteiger partial charge in [-0.2, -0.15) is 13.2 Å². The highest BCUT2D eigenvalue weighted by Gasteiger charge is 2.35. The lowest BCUT2D eigenvalue weighted by atomic mass is 10.2. The minimum absolute atomic E-state index is 0.427. The van der Waals surface area contributed by atoms with E-state index in [1.54, 1.807) is 0 Å². The number of phenols is 1. The Morgan fingerprint density at radius 2 is 1.77 bits per heavy atom. The van der Waals surface area contributed by atoms with Crippen LogP contribution in [0.5, 0.6) is 5.75 Å². The van der Waals surface area contributed by atoms with Crippen molar-refractivity contribution in [1.29, 1.82) is 0 Å². The molecule has 0 aliphatic carbocycles. The molecule has 0 radical (unpaired) electrons. The van der Waals surface area contributed by atoms with E-state index in [1.165, 1.54) is 0 Å². The zero-order valence-electron chi connectivity index (χ0n) is 5.99. The fraction of sp³-hybridized carbons (Fsp3) is 0.143. The van der Waals surface area contributed by atoms with E-state index >= 15 is 0 Å². The number of hydrogen-bond acceptors (Lipinski definition) is 1. The first-order valence-corrected chi connectivity index (χ1v) is 3.46. The van der Waals surface area contributed by atoms with E-state index in [-0.39, 0.29) is 0 Å². The van der Waals surface area contributed by atoms with E-state index in [0.717, 1.165) is 0 Å². The van der Waals surface area contributed by atoms with E-state index in [2.05, 4.69) is 0 Å². The number of halogens is 5. The molecule has 0 heterocycles. The number of alkyl halides is 3. The number of benzene rings is 1. The van der Waals surface area contributed by atoms with Crippen LogP contribution in [-0.4, -0.2) is 5.11 Å². The number of phenolic OH excluding ortho intramolecular Hbond substituents is 1. The van der Waals surface area contributed by atoms with E-state index < -0.39 is 28.3 Å². The van der Waals surface area contributed by atoms with E-state index in [4.69, 9.17) is 16.7 Å². The van der Waals surface area contributed by atoms with Gasteiger partial charge in [-0.05, 0) is 12.1 Å². The quantitative estimate of drug-likeness (QED) is 0.658. The van der Waals surface area contributed by atoms with Crippen LogP contribution in [0.4, 0.5) is 17.6 Å². The number of hydrogen-bond donors (Lipinski definition) is 1. The molecule has 1 nitrogen and oxygen atoms in total. The summed E-state index contributed by atoms with van der Waals surface area (Å²) in [6.07, 6.45) is -4.80. The molecular formula is C7H3ClF4O. The predicted molar refractivity (Wildman–Crippen MR) is 38.1 cm³/mol. The smallest absolute Gasteiger partial charge is 0.419 e. The second kappa shape index (κ2) is 3.06. The summed E-state index contributed by atoms with van der Waals surface area (Å²) in [5.74, 6) is -2.37. The highest BCUT2D eigenvalue weighted by molar-refractivity contribution is 6.32. The summed E-state index contributed by atoms with van der Waals surface area (Å²) >= 11 is 5.06. The van der Waals surface area contributed by atoms with Gasteiger partial charge in [0.05, 0.1) is 5.56 Å². The van der Waals surface area contributed by atoms with Crippen LogP contribution in [0.1, 0.15) is 5.56 Å². The standard InChI is InChI=1S/C7H3ClF4O/c8-5-4(13)2-1-3(6(5)9)7(10,11)12/h1-2,13H. The van der Waals surface area contributed by atoms with Crippen LogP contribution in [0.15, 0.2) is 12.1 Å². The molecule has 1 N–H and O–H groups in total. The van der Waals surface area contributed by atoms with Gasteiger partial charge in [0, 0.05) is 0 Å². The first-order valence-electron chi connectivity index (χ1n) is 3.08. The van der Waals surface area contributed by atoms with Crippen LogP contribution in [0.25, 0.3) is 0 Å². The Morgan fingerprint density at radius 3 is 2.23 bits per heavy atom. The normalized spacial score (nSPS) is 11.8. The average Bonchev–Trinajstić information content (AvgIpc) is 1.98. The lowest BCUT2D eigenvalue weighted by Crippen LogP contribution is -2.08. The molecule has 0 unspecified atom stereocenters. The lowest BCUT2D eigenvalue weighted by Gasteiger charge is -2.08. The first kappa shape index (κ1) is 10.1. The summed E-state index contributed by atoms with van der Waals surface area (Å²) in [6, 6.07) is 1.12. The van der Waals surface area contributed by atoms with E-state index in [9.17, 15) is 17.6 Å². The third kappa shape index (κ3) is 1.85. The summed E-state index contributed by atoms with van der Waals surface area (Å²) in [5.41, 5.74) is -1.49. The topological polar surface area (TPSA) is 20.2 Å². The third-order valence-corrected chi connectivity index (χ3v) is 1.73. The molecule has 1 aromatic rings. The molecule has 0 atom stereocenters. The Balaban J connectivity index is 3.35. The summed E-state index contributed by atoms with van der Waals surface area (Å²) in [4.78, 5) is 0. The van der Waals surface area contributed by atoms with Crippen molar-refractivity contribution in [3.8, 4) is 5.75 Å². The van der Waals surface area contributed by atoms with Gasteiger partial charge in [-0.15, -0.1) is 0 Å². The van der Waals surface area contributed by atoms with Crippen molar-refractivity contribution in [2.24, 2.45) is 0 Å². The molecule has 0 aliphatic rings. The van der Waals surface area contributed by atoms with Crippen LogP contribution in [0.2, 0.25) is 5.02 Å². The van der Waals surface area contributed by atoms with Crippen LogP contribution >= 0.6 is 11.6 Å². The molecule has 1 rings (SSSR count). The largest absolute Gasteiger partial charge is 0.506 e. The van der Waals surface area contributed by atoms with Gasteiger partial charge in [0.2, 0.25) is 0 Å². The second-order valence-electron chi connectivity index (χ2n) is 2.26. The van der Waals surface area contributed by atoms with Crippen molar-refractivity contribution in [3.05, 3.63) is 28.5 Å². The Morgan fingerprint density at radius 1 is 1.23 bits per heavy atom. The molecule has 0 aliphatic heterocycles. The van der Waals surface area contributed by atoms with E-state index in [0.29, 0.717) is 12.1 Å². The van der Waals surface area contributed by atoms with Gasteiger partial charge in [-0.25, -0.2) is 4.39 Å². The fourth-order valence-corrected chi connectivity index (χ4v) is 0.923. The highest BCUT2D eigenvalue weighted by Crippen LogP contribution is 2.37. The second-order valence-corrected chi connectivity index (χ2v) is 2.64. The maximum atomic E-state index is 12.7. The van der Waals surface area contributed by atoms with Gasteiger partial charge in [-0.1, -0.05) is 11.6 Å². The maximum Gasteiger partial charge on any atom is 0.419 e. The Bertz CT molecular complexity index is 334. The maximum absolute atomic E-state index is 12.7. The Labute approximate surface area is 75.6 Å². The Kier molecular flexibility index (Phi) is 2.38. The minimum atomic E-state index is -4.80. The molecule has 1 aromatic carbocycles. The molecule has 6 heteroatoms. The summed E-state index contributed by atoms with van der Waals surface area (Å²) in [6.45, 7) is 0. The molecule has 0 amide bonds.